The number of rotatable bonds is 4. The van der Waals surface area contributed by atoms with Crippen molar-refractivity contribution in [1.29, 1.82) is 5.26 Å². The summed E-state index contributed by atoms with van der Waals surface area (Å²) in [5.41, 5.74) is 0. The molecular weight excluding hydrogens is 140 g/mol. The zero-order valence-corrected chi connectivity index (χ0v) is 7.05. The van der Waals surface area contributed by atoms with Gasteiger partial charge in [0.2, 0.25) is 5.91 Å². The Kier molecular flexibility index (Phi) is 5.18. The first kappa shape index (κ1) is 9.96. The molecule has 0 heterocycles. The molecule has 11 heavy (non-hydrogen) atoms. The molecule has 0 rings (SSSR count). The van der Waals surface area contributed by atoms with Gasteiger partial charge in [-0.3, -0.25) is 4.79 Å². The standard InChI is InChI=1S/C8H14N2O/c1-3-6-10-8(11)7(2)4-5-9/h7H,3-4,6H2,1-2H3,(H,10,11). The Morgan fingerprint density at radius 1 is 1.73 bits per heavy atom. The molecule has 0 aromatic carbocycles. The fourth-order valence-corrected chi connectivity index (χ4v) is 0.652. The quantitative estimate of drug-likeness (QED) is 0.658. The van der Waals surface area contributed by atoms with Gasteiger partial charge >= 0.3 is 0 Å². The van der Waals surface area contributed by atoms with Crippen LogP contribution in [0.2, 0.25) is 0 Å². The maximum atomic E-state index is 11.0. The van der Waals surface area contributed by atoms with E-state index in [0.29, 0.717) is 13.0 Å². The summed E-state index contributed by atoms with van der Waals surface area (Å²) < 4.78 is 0. The van der Waals surface area contributed by atoms with E-state index in [1.807, 2.05) is 13.0 Å². The van der Waals surface area contributed by atoms with E-state index in [-0.39, 0.29) is 11.8 Å². The van der Waals surface area contributed by atoms with E-state index in [1.165, 1.54) is 0 Å². The average Bonchev–Trinajstić information content (AvgIpc) is 2.00. The molecule has 62 valence electrons. The van der Waals surface area contributed by atoms with Gasteiger partial charge in [0, 0.05) is 18.9 Å². The van der Waals surface area contributed by atoms with Gasteiger partial charge in [-0.05, 0) is 6.42 Å². The fraction of sp³-hybridized carbons (Fsp3) is 0.750. The highest BCUT2D eigenvalue weighted by atomic mass is 16.1. The van der Waals surface area contributed by atoms with Crippen LogP contribution in [0, 0.1) is 17.2 Å². The molecule has 1 atom stereocenters. The number of carbonyl (C=O) groups is 1. The van der Waals surface area contributed by atoms with Gasteiger partial charge in [-0.2, -0.15) is 5.26 Å². The second-order valence-electron chi connectivity index (χ2n) is 2.55. The van der Waals surface area contributed by atoms with Crippen molar-refractivity contribution < 1.29 is 4.79 Å². The Balaban J connectivity index is 3.57. The van der Waals surface area contributed by atoms with Crippen LogP contribution >= 0.6 is 0 Å². The van der Waals surface area contributed by atoms with Crippen LogP contribution in [-0.4, -0.2) is 12.5 Å². The highest BCUT2D eigenvalue weighted by Crippen LogP contribution is 1.99. The maximum absolute atomic E-state index is 11.0. The number of carbonyl (C=O) groups excluding carboxylic acids is 1. The van der Waals surface area contributed by atoms with E-state index in [2.05, 4.69) is 5.32 Å². The zero-order valence-electron chi connectivity index (χ0n) is 7.05. The van der Waals surface area contributed by atoms with Crippen LogP contribution in [0.4, 0.5) is 0 Å². The predicted octanol–water partition coefficient (Wildman–Crippen LogP) is 1.06. The highest BCUT2D eigenvalue weighted by molar-refractivity contribution is 5.78. The summed E-state index contributed by atoms with van der Waals surface area (Å²) in [4.78, 5) is 11.0. The van der Waals surface area contributed by atoms with Crippen molar-refractivity contribution in [3.63, 3.8) is 0 Å². The minimum Gasteiger partial charge on any atom is -0.356 e. The lowest BCUT2D eigenvalue weighted by atomic mass is 10.1. The van der Waals surface area contributed by atoms with Crippen LogP contribution in [-0.2, 0) is 4.79 Å². The minimum atomic E-state index is -0.174. The number of nitrogens with one attached hydrogen (secondary N) is 1. The molecule has 3 heteroatoms. The van der Waals surface area contributed by atoms with Crippen molar-refractivity contribution in [2.75, 3.05) is 6.54 Å². The SMILES string of the molecule is CCCNC(=O)C(C)CC#N. The Bertz CT molecular complexity index is 160. The first-order valence-corrected chi connectivity index (χ1v) is 3.87. The van der Waals surface area contributed by atoms with Crippen molar-refractivity contribution in [1.82, 2.24) is 5.32 Å². The molecule has 0 spiro atoms. The fourth-order valence-electron chi connectivity index (χ4n) is 0.652. The summed E-state index contributed by atoms with van der Waals surface area (Å²) in [5.74, 6) is -0.194. The molecule has 0 saturated heterocycles. The van der Waals surface area contributed by atoms with Gasteiger partial charge in [0.15, 0.2) is 0 Å². The van der Waals surface area contributed by atoms with E-state index in [1.54, 1.807) is 6.92 Å². The summed E-state index contributed by atoms with van der Waals surface area (Å²) in [7, 11) is 0. The second-order valence-corrected chi connectivity index (χ2v) is 2.55. The second kappa shape index (κ2) is 5.72. The molecule has 0 fully saturated rings. The van der Waals surface area contributed by atoms with Crippen molar-refractivity contribution in [2.45, 2.75) is 26.7 Å². The van der Waals surface area contributed by atoms with Crippen molar-refractivity contribution in [3.8, 4) is 6.07 Å². The van der Waals surface area contributed by atoms with Crippen LogP contribution < -0.4 is 5.32 Å². The first-order valence-electron chi connectivity index (χ1n) is 3.87. The minimum absolute atomic E-state index is 0.0200. The Hall–Kier alpha value is -1.04. The lowest BCUT2D eigenvalue weighted by molar-refractivity contribution is -0.124. The summed E-state index contributed by atoms with van der Waals surface area (Å²) in [5, 5.41) is 11.0. The van der Waals surface area contributed by atoms with E-state index < -0.39 is 0 Å². The smallest absolute Gasteiger partial charge is 0.223 e. The maximum Gasteiger partial charge on any atom is 0.223 e. The van der Waals surface area contributed by atoms with Crippen LogP contribution in [0.3, 0.4) is 0 Å². The number of nitrogens with zero attached hydrogens (tertiary/aromatic N) is 1. The Morgan fingerprint density at radius 2 is 2.36 bits per heavy atom. The number of hydrogen-bond donors (Lipinski definition) is 1. The first-order chi connectivity index (χ1) is 5.22. The molecule has 0 aliphatic heterocycles. The Morgan fingerprint density at radius 3 is 2.82 bits per heavy atom. The van der Waals surface area contributed by atoms with Gasteiger partial charge in [0.1, 0.15) is 0 Å². The molecule has 0 aromatic rings. The lowest BCUT2D eigenvalue weighted by Gasteiger charge is -2.06. The number of hydrogen-bond acceptors (Lipinski definition) is 2. The summed E-state index contributed by atoms with van der Waals surface area (Å²) in [6, 6.07) is 1.96. The third kappa shape index (κ3) is 4.38. The third-order valence-corrected chi connectivity index (χ3v) is 1.39. The van der Waals surface area contributed by atoms with Crippen LogP contribution in [0.5, 0.6) is 0 Å². The molecule has 3 nitrogen and oxygen atoms in total. The van der Waals surface area contributed by atoms with Gasteiger partial charge < -0.3 is 5.32 Å². The predicted molar refractivity (Wildman–Crippen MR) is 42.7 cm³/mol. The van der Waals surface area contributed by atoms with Crippen molar-refractivity contribution >= 4 is 5.91 Å². The largest absolute Gasteiger partial charge is 0.356 e. The molecule has 0 bridgehead atoms. The van der Waals surface area contributed by atoms with Crippen LogP contribution in [0.25, 0.3) is 0 Å². The van der Waals surface area contributed by atoms with Gasteiger partial charge in [0.05, 0.1) is 6.07 Å². The van der Waals surface area contributed by atoms with Gasteiger partial charge in [0.25, 0.3) is 0 Å². The number of nitriles is 1. The molecule has 1 amide bonds. The highest BCUT2D eigenvalue weighted by Gasteiger charge is 2.10. The summed E-state index contributed by atoms with van der Waals surface area (Å²) >= 11 is 0. The summed E-state index contributed by atoms with van der Waals surface area (Å²) in [6.07, 6.45) is 1.24. The van der Waals surface area contributed by atoms with E-state index in [9.17, 15) is 4.79 Å². The van der Waals surface area contributed by atoms with Crippen LogP contribution in [0.15, 0.2) is 0 Å². The Labute approximate surface area is 67.4 Å². The molecular formula is C8H14N2O. The molecule has 0 aromatic heterocycles. The van der Waals surface area contributed by atoms with E-state index >= 15 is 0 Å². The van der Waals surface area contributed by atoms with Crippen LogP contribution in [0.1, 0.15) is 26.7 Å². The van der Waals surface area contributed by atoms with E-state index in [4.69, 9.17) is 5.26 Å². The van der Waals surface area contributed by atoms with Crippen molar-refractivity contribution in [3.05, 3.63) is 0 Å². The number of amides is 1. The molecule has 0 aliphatic carbocycles. The molecule has 1 N–H and O–H groups in total. The van der Waals surface area contributed by atoms with Gasteiger partial charge in [-0.25, -0.2) is 0 Å². The van der Waals surface area contributed by atoms with Gasteiger partial charge in [-0.1, -0.05) is 13.8 Å². The topological polar surface area (TPSA) is 52.9 Å². The molecule has 1 unspecified atom stereocenters. The monoisotopic (exact) mass is 154 g/mol. The third-order valence-electron chi connectivity index (χ3n) is 1.39. The zero-order chi connectivity index (χ0) is 8.69. The van der Waals surface area contributed by atoms with E-state index in [0.717, 1.165) is 6.42 Å². The molecule has 0 saturated carbocycles. The normalized spacial score (nSPS) is 11.7. The lowest BCUT2D eigenvalue weighted by Crippen LogP contribution is -2.29. The molecule has 0 radical (unpaired) electrons. The summed E-state index contributed by atoms with van der Waals surface area (Å²) in [6.45, 7) is 4.46. The molecule has 0 aliphatic rings. The van der Waals surface area contributed by atoms with Gasteiger partial charge in [-0.15, -0.1) is 0 Å². The average molecular weight is 154 g/mol. The van der Waals surface area contributed by atoms with Crippen molar-refractivity contribution in [2.24, 2.45) is 5.92 Å².